The number of pyridine rings is 1. The van der Waals surface area contributed by atoms with E-state index in [1.165, 1.54) is 29.6 Å². The van der Waals surface area contributed by atoms with Gasteiger partial charge in [0.05, 0.1) is 10.6 Å². The molecule has 0 N–H and O–H groups in total. The maximum atomic E-state index is 13.0. The summed E-state index contributed by atoms with van der Waals surface area (Å²) >= 11 is 0. The molecule has 0 aliphatic carbocycles. The molecule has 1 aromatic carbocycles. The molecule has 0 aliphatic rings. The molecule has 164 valence electrons. The number of carbonyl (C=O) groups excluding carboxylic acids is 1. The Bertz CT molecular complexity index is 1260. The summed E-state index contributed by atoms with van der Waals surface area (Å²) in [6.45, 7) is 1.80. The van der Waals surface area contributed by atoms with E-state index in [9.17, 15) is 22.4 Å². The fraction of sp³-hybridized carbons (Fsp3) is 0.286. The van der Waals surface area contributed by atoms with E-state index >= 15 is 0 Å². The van der Waals surface area contributed by atoms with Crippen LogP contribution in [0.25, 0.3) is 5.65 Å². The van der Waals surface area contributed by atoms with Gasteiger partial charge in [-0.15, -0.1) is 0 Å². The minimum Gasteiger partial charge on any atom is -0.459 e. The van der Waals surface area contributed by atoms with E-state index in [4.69, 9.17) is 4.74 Å². The highest BCUT2D eigenvalue weighted by Crippen LogP contribution is 2.15. The smallest absolute Gasteiger partial charge is 0.306 e. The number of sulfonamides is 1. The highest BCUT2D eigenvalue weighted by molar-refractivity contribution is 7.89. The molecule has 0 saturated carbocycles. The minimum absolute atomic E-state index is 0.00492. The van der Waals surface area contributed by atoms with Crippen molar-refractivity contribution in [2.45, 2.75) is 31.3 Å². The first-order valence-corrected chi connectivity index (χ1v) is 11.0. The van der Waals surface area contributed by atoms with E-state index in [1.54, 1.807) is 12.3 Å². The van der Waals surface area contributed by atoms with Gasteiger partial charge in [0.25, 0.3) is 5.56 Å². The molecular formula is C21H22FN3O5S. The summed E-state index contributed by atoms with van der Waals surface area (Å²) in [5.41, 5.74) is 1.43. The van der Waals surface area contributed by atoms with Crippen LogP contribution < -0.4 is 5.56 Å². The highest BCUT2D eigenvalue weighted by atomic mass is 32.2. The number of esters is 1. The van der Waals surface area contributed by atoms with Crippen LogP contribution in [0.15, 0.2) is 58.4 Å². The Morgan fingerprint density at radius 1 is 1.19 bits per heavy atom. The van der Waals surface area contributed by atoms with Crippen LogP contribution in [0.3, 0.4) is 0 Å². The number of fused-ring (bicyclic) bond motifs is 1. The van der Waals surface area contributed by atoms with Crippen LogP contribution >= 0.6 is 0 Å². The lowest BCUT2D eigenvalue weighted by atomic mass is 10.3. The average molecular weight is 447 g/mol. The van der Waals surface area contributed by atoms with Crippen molar-refractivity contribution in [3.05, 3.63) is 76.1 Å². The number of ether oxygens (including phenoxy) is 1. The van der Waals surface area contributed by atoms with Crippen molar-refractivity contribution in [2.75, 3.05) is 13.6 Å². The fourth-order valence-electron chi connectivity index (χ4n) is 2.91. The summed E-state index contributed by atoms with van der Waals surface area (Å²) in [4.78, 5) is 28.5. The van der Waals surface area contributed by atoms with Crippen molar-refractivity contribution in [3.63, 3.8) is 0 Å². The molecule has 8 nitrogen and oxygen atoms in total. The van der Waals surface area contributed by atoms with Gasteiger partial charge in [-0.3, -0.25) is 14.0 Å². The molecule has 0 atom stereocenters. The average Bonchev–Trinajstić information content (AvgIpc) is 2.73. The number of carbonyl (C=O) groups is 1. The third-order valence-electron chi connectivity index (χ3n) is 4.62. The summed E-state index contributed by atoms with van der Waals surface area (Å²) < 4.78 is 45.5. The van der Waals surface area contributed by atoms with Gasteiger partial charge >= 0.3 is 5.97 Å². The van der Waals surface area contributed by atoms with Crippen LogP contribution in [-0.4, -0.2) is 41.7 Å². The van der Waals surface area contributed by atoms with Crippen molar-refractivity contribution >= 4 is 21.6 Å². The standard InChI is InChI=1S/C21H22FN3O5S/c1-15-5-10-19-23-17(12-20(26)25(19)13-15)14-30-21(27)4-3-11-24(2)31(28,29)18-8-6-16(22)7-9-18/h5-10,12-13H,3-4,11,14H2,1-2H3. The number of nitrogens with zero attached hydrogens (tertiary/aromatic N) is 3. The van der Waals surface area contributed by atoms with E-state index in [1.807, 2.05) is 13.0 Å². The molecule has 0 spiro atoms. The van der Waals surface area contributed by atoms with Gasteiger partial charge in [0.15, 0.2) is 0 Å². The maximum absolute atomic E-state index is 13.0. The summed E-state index contributed by atoms with van der Waals surface area (Å²) in [6, 6.07) is 9.37. The van der Waals surface area contributed by atoms with E-state index < -0.39 is 21.8 Å². The number of rotatable bonds is 8. The first-order chi connectivity index (χ1) is 14.7. The number of benzene rings is 1. The highest BCUT2D eigenvalue weighted by Gasteiger charge is 2.20. The molecule has 2 heterocycles. The Morgan fingerprint density at radius 3 is 2.61 bits per heavy atom. The van der Waals surface area contributed by atoms with Crippen LogP contribution in [0.1, 0.15) is 24.1 Å². The van der Waals surface area contributed by atoms with E-state index in [0.29, 0.717) is 11.3 Å². The molecule has 31 heavy (non-hydrogen) atoms. The van der Waals surface area contributed by atoms with Crippen molar-refractivity contribution in [2.24, 2.45) is 0 Å². The van der Waals surface area contributed by atoms with Crippen LogP contribution in [0.4, 0.5) is 4.39 Å². The number of aryl methyl sites for hydroxylation is 1. The zero-order valence-electron chi connectivity index (χ0n) is 17.1. The maximum Gasteiger partial charge on any atom is 0.306 e. The molecule has 0 aliphatic heterocycles. The van der Waals surface area contributed by atoms with Crippen LogP contribution in [0, 0.1) is 12.7 Å². The van der Waals surface area contributed by atoms with Gasteiger partial charge in [-0.25, -0.2) is 22.1 Å². The summed E-state index contributed by atoms with van der Waals surface area (Å²) in [6.07, 6.45) is 1.91. The molecule has 2 aromatic heterocycles. The molecule has 0 saturated heterocycles. The lowest BCUT2D eigenvalue weighted by Crippen LogP contribution is -2.28. The predicted octanol–water partition coefficient (Wildman–Crippen LogP) is 2.29. The third-order valence-corrected chi connectivity index (χ3v) is 6.49. The monoisotopic (exact) mass is 447 g/mol. The van der Waals surface area contributed by atoms with Gasteiger partial charge in [-0.2, -0.15) is 0 Å². The molecule has 3 rings (SSSR count). The first kappa shape index (κ1) is 22.6. The Balaban J connectivity index is 1.51. The second kappa shape index (κ2) is 9.36. The van der Waals surface area contributed by atoms with Crippen LogP contribution in [0.5, 0.6) is 0 Å². The van der Waals surface area contributed by atoms with E-state index in [-0.39, 0.29) is 36.4 Å². The van der Waals surface area contributed by atoms with E-state index in [0.717, 1.165) is 22.0 Å². The van der Waals surface area contributed by atoms with Crippen LogP contribution in [-0.2, 0) is 26.2 Å². The van der Waals surface area contributed by atoms with Gasteiger partial charge in [-0.05, 0) is 49.2 Å². The number of halogens is 1. The predicted molar refractivity (Wildman–Crippen MR) is 111 cm³/mol. The van der Waals surface area contributed by atoms with Gasteiger partial charge < -0.3 is 4.74 Å². The number of hydrogen-bond donors (Lipinski definition) is 0. The number of aromatic nitrogens is 2. The fourth-order valence-corrected chi connectivity index (χ4v) is 4.12. The first-order valence-electron chi connectivity index (χ1n) is 9.53. The summed E-state index contributed by atoms with van der Waals surface area (Å²) in [5, 5.41) is 0. The number of hydrogen-bond acceptors (Lipinski definition) is 6. The zero-order valence-corrected chi connectivity index (χ0v) is 17.9. The Kier molecular flexibility index (Phi) is 6.81. The molecule has 0 amide bonds. The second-order valence-electron chi connectivity index (χ2n) is 7.07. The minimum atomic E-state index is -3.77. The third kappa shape index (κ3) is 5.53. The molecule has 3 aromatic rings. The van der Waals surface area contributed by atoms with Crippen molar-refractivity contribution in [3.8, 4) is 0 Å². The van der Waals surface area contributed by atoms with Crippen LogP contribution in [0.2, 0.25) is 0 Å². The molecular weight excluding hydrogens is 425 g/mol. The lowest BCUT2D eigenvalue weighted by molar-refractivity contribution is -0.145. The van der Waals surface area contributed by atoms with Crippen molar-refractivity contribution < 1.29 is 22.3 Å². The van der Waals surface area contributed by atoms with Crippen molar-refractivity contribution in [1.29, 1.82) is 0 Å². The quantitative estimate of drug-likeness (QED) is 0.492. The van der Waals surface area contributed by atoms with Gasteiger partial charge in [0, 0.05) is 32.3 Å². The zero-order chi connectivity index (χ0) is 22.6. The van der Waals surface area contributed by atoms with Gasteiger partial charge in [0.1, 0.15) is 18.1 Å². The Hall–Kier alpha value is -3.11. The second-order valence-corrected chi connectivity index (χ2v) is 9.11. The molecule has 0 radical (unpaired) electrons. The van der Waals surface area contributed by atoms with Gasteiger partial charge in [0.2, 0.25) is 10.0 Å². The Morgan fingerprint density at radius 2 is 1.90 bits per heavy atom. The van der Waals surface area contributed by atoms with Gasteiger partial charge in [-0.1, -0.05) is 6.07 Å². The topological polar surface area (TPSA) is 98.0 Å². The normalized spacial score (nSPS) is 11.7. The SMILES string of the molecule is Cc1ccc2nc(COC(=O)CCCN(C)S(=O)(=O)c3ccc(F)cc3)cc(=O)n2c1. The Labute approximate surface area is 179 Å². The summed E-state index contributed by atoms with van der Waals surface area (Å²) in [7, 11) is -2.38. The molecule has 0 fully saturated rings. The molecule has 0 bridgehead atoms. The lowest BCUT2D eigenvalue weighted by Gasteiger charge is -2.17. The molecule has 0 unspecified atom stereocenters. The summed E-state index contributed by atoms with van der Waals surface area (Å²) in [5.74, 6) is -1.05. The van der Waals surface area contributed by atoms with E-state index in [2.05, 4.69) is 4.98 Å². The molecule has 10 heteroatoms. The largest absolute Gasteiger partial charge is 0.459 e. The van der Waals surface area contributed by atoms with Crippen molar-refractivity contribution in [1.82, 2.24) is 13.7 Å².